The summed E-state index contributed by atoms with van der Waals surface area (Å²) in [5, 5.41) is 3.29. The number of thioether (sulfide) groups is 1. The molecule has 7 heteroatoms. The topological polar surface area (TPSA) is 58.2 Å². The molecule has 0 aliphatic carbocycles. The fourth-order valence-corrected chi connectivity index (χ4v) is 6.16. The van der Waals surface area contributed by atoms with Crippen molar-refractivity contribution >= 4 is 33.1 Å². The molecule has 2 N–H and O–H groups in total. The molecule has 0 aromatic carbocycles. The lowest BCUT2D eigenvalue weighted by atomic mass is 10.1. The van der Waals surface area contributed by atoms with E-state index in [9.17, 15) is 8.42 Å². The molecule has 1 aromatic heterocycles. The van der Waals surface area contributed by atoms with E-state index in [0.717, 1.165) is 36.6 Å². The summed E-state index contributed by atoms with van der Waals surface area (Å²) in [4.78, 5) is 1.06. The Bertz CT molecular complexity index is 548. The quantitative estimate of drug-likeness (QED) is 0.709. The summed E-state index contributed by atoms with van der Waals surface area (Å²) in [5.41, 5.74) is 0. The van der Waals surface area contributed by atoms with Crippen LogP contribution in [0.5, 0.6) is 0 Å². The molecule has 1 aromatic rings. The summed E-state index contributed by atoms with van der Waals surface area (Å²) >= 11 is 3.22. The first-order valence-electron chi connectivity index (χ1n) is 7.38. The highest BCUT2D eigenvalue weighted by molar-refractivity contribution is 8.01. The van der Waals surface area contributed by atoms with Crippen molar-refractivity contribution in [3.63, 3.8) is 0 Å². The molecule has 1 atom stereocenters. The highest BCUT2D eigenvalue weighted by Crippen LogP contribution is 2.37. The van der Waals surface area contributed by atoms with Crippen LogP contribution in [0, 0.1) is 0 Å². The maximum atomic E-state index is 12.3. The van der Waals surface area contributed by atoms with Crippen molar-refractivity contribution in [2.75, 3.05) is 18.8 Å². The van der Waals surface area contributed by atoms with Crippen LogP contribution in [0.25, 0.3) is 0 Å². The summed E-state index contributed by atoms with van der Waals surface area (Å²) in [7, 11) is -3.37. The number of hydrogen-bond acceptors (Lipinski definition) is 5. The van der Waals surface area contributed by atoms with Gasteiger partial charge in [-0.05, 0) is 50.6 Å². The predicted octanol–water partition coefficient (Wildman–Crippen LogP) is 2.81. The van der Waals surface area contributed by atoms with Gasteiger partial charge in [-0.25, -0.2) is 13.1 Å². The third kappa shape index (κ3) is 4.96. The summed E-state index contributed by atoms with van der Waals surface area (Å²) in [6.45, 7) is 6.46. The van der Waals surface area contributed by atoms with Gasteiger partial charge in [-0.15, -0.1) is 11.3 Å². The van der Waals surface area contributed by atoms with Crippen LogP contribution < -0.4 is 10.0 Å². The third-order valence-corrected chi connectivity index (χ3v) is 8.08. The van der Waals surface area contributed by atoms with E-state index in [2.05, 4.69) is 23.9 Å². The Morgan fingerprint density at radius 1 is 1.38 bits per heavy atom. The number of hydrogen-bond donors (Lipinski definition) is 2. The molecule has 1 fully saturated rings. The Balaban J connectivity index is 1.92. The van der Waals surface area contributed by atoms with Gasteiger partial charge < -0.3 is 5.32 Å². The molecule has 0 radical (unpaired) electrons. The number of thiophene rings is 1. The van der Waals surface area contributed by atoms with Crippen LogP contribution in [0.3, 0.4) is 0 Å². The van der Waals surface area contributed by atoms with Crippen molar-refractivity contribution in [1.82, 2.24) is 10.0 Å². The molecule has 1 saturated heterocycles. The lowest BCUT2D eigenvalue weighted by Crippen LogP contribution is -2.36. The monoisotopic (exact) mass is 348 g/mol. The second kappa shape index (κ2) is 7.46. The first-order valence-corrected chi connectivity index (χ1v) is 10.7. The number of nitrogens with one attached hydrogen (secondary N) is 2. The van der Waals surface area contributed by atoms with E-state index in [1.165, 1.54) is 17.8 Å². The average molecular weight is 349 g/mol. The van der Waals surface area contributed by atoms with Crippen molar-refractivity contribution in [3.05, 3.63) is 17.0 Å². The molecule has 0 bridgehead atoms. The van der Waals surface area contributed by atoms with Gasteiger partial charge in [-0.2, -0.15) is 11.8 Å². The number of rotatable bonds is 8. The van der Waals surface area contributed by atoms with Gasteiger partial charge in [0.15, 0.2) is 0 Å². The standard InChI is InChI=1S/C14H24N2O2S3/c1-3-8-15-10-12-5-6-13(20-12)21(17,18)16-11-14(2)7-4-9-19-14/h5-6,15-16H,3-4,7-11H2,1-2H3. The van der Waals surface area contributed by atoms with Gasteiger partial charge in [0, 0.05) is 22.7 Å². The molecular formula is C14H24N2O2S3. The van der Waals surface area contributed by atoms with Crippen LogP contribution in [0.4, 0.5) is 0 Å². The Hall–Kier alpha value is -0.0800. The predicted molar refractivity (Wildman–Crippen MR) is 91.6 cm³/mol. The minimum absolute atomic E-state index is 0.0514. The molecule has 0 amide bonds. The van der Waals surface area contributed by atoms with Crippen molar-refractivity contribution < 1.29 is 8.42 Å². The van der Waals surface area contributed by atoms with Crippen molar-refractivity contribution in [2.45, 2.75) is 48.6 Å². The van der Waals surface area contributed by atoms with E-state index >= 15 is 0 Å². The van der Waals surface area contributed by atoms with E-state index < -0.39 is 10.0 Å². The van der Waals surface area contributed by atoms with Crippen molar-refractivity contribution in [2.24, 2.45) is 0 Å². The van der Waals surface area contributed by atoms with Crippen LogP contribution in [-0.2, 0) is 16.6 Å². The molecule has 4 nitrogen and oxygen atoms in total. The van der Waals surface area contributed by atoms with Gasteiger partial charge in [0.2, 0.25) is 10.0 Å². The highest BCUT2D eigenvalue weighted by atomic mass is 32.2. The Kier molecular flexibility index (Phi) is 6.14. The molecule has 0 spiro atoms. The van der Waals surface area contributed by atoms with Gasteiger partial charge in [0.25, 0.3) is 0 Å². The van der Waals surface area contributed by atoms with Gasteiger partial charge in [0.1, 0.15) is 4.21 Å². The fourth-order valence-electron chi connectivity index (χ4n) is 2.28. The highest BCUT2D eigenvalue weighted by Gasteiger charge is 2.31. The summed E-state index contributed by atoms with van der Waals surface area (Å²) in [6.07, 6.45) is 3.33. The Morgan fingerprint density at radius 2 is 2.19 bits per heavy atom. The zero-order chi connectivity index (χ0) is 15.3. The molecule has 1 aliphatic rings. The number of sulfonamides is 1. The molecule has 2 rings (SSSR count). The summed E-state index contributed by atoms with van der Waals surface area (Å²) in [6, 6.07) is 3.61. The van der Waals surface area contributed by atoms with Crippen molar-refractivity contribution in [1.29, 1.82) is 0 Å². The maximum Gasteiger partial charge on any atom is 0.250 e. The minimum atomic E-state index is -3.37. The van der Waals surface area contributed by atoms with Gasteiger partial charge in [-0.3, -0.25) is 0 Å². The molecule has 2 heterocycles. The van der Waals surface area contributed by atoms with E-state index in [1.54, 1.807) is 6.07 Å². The molecule has 21 heavy (non-hydrogen) atoms. The largest absolute Gasteiger partial charge is 0.312 e. The zero-order valence-corrected chi connectivity index (χ0v) is 15.1. The lowest BCUT2D eigenvalue weighted by Gasteiger charge is -2.22. The van der Waals surface area contributed by atoms with E-state index in [0.29, 0.717) is 10.8 Å². The van der Waals surface area contributed by atoms with E-state index in [4.69, 9.17) is 0 Å². The Morgan fingerprint density at radius 3 is 2.86 bits per heavy atom. The van der Waals surface area contributed by atoms with Gasteiger partial charge in [-0.1, -0.05) is 6.92 Å². The summed E-state index contributed by atoms with van der Waals surface area (Å²) in [5.74, 6) is 1.13. The van der Waals surface area contributed by atoms with Crippen LogP contribution in [-0.4, -0.2) is 32.0 Å². The second-order valence-electron chi connectivity index (χ2n) is 5.62. The zero-order valence-electron chi connectivity index (χ0n) is 12.6. The maximum absolute atomic E-state index is 12.3. The van der Waals surface area contributed by atoms with Crippen molar-refractivity contribution in [3.8, 4) is 0 Å². The molecular weight excluding hydrogens is 324 g/mol. The van der Waals surface area contributed by atoms with Crippen LogP contribution in [0.15, 0.2) is 16.3 Å². The molecule has 1 aliphatic heterocycles. The molecule has 1 unspecified atom stereocenters. The SMILES string of the molecule is CCCNCc1ccc(S(=O)(=O)NCC2(C)CCCS2)s1. The first-order chi connectivity index (χ1) is 9.95. The van der Waals surface area contributed by atoms with Crippen LogP contribution in [0.1, 0.15) is 38.0 Å². The van der Waals surface area contributed by atoms with Gasteiger partial charge >= 0.3 is 0 Å². The molecule has 0 saturated carbocycles. The van der Waals surface area contributed by atoms with Crippen LogP contribution >= 0.6 is 23.1 Å². The smallest absolute Gasteiger partial charge is 0.250 e. The lowest BCUT2D eigenvalue weighted by molar-refractivity contribution is 0.554. The van der Waals surface area contributed by atoms with Crippen LogP contribution in [0.2, 0.25) is 0 Å². The average Bonchev–Trinajstić information content (AvgIpc) is 3.07. The van der Waals surface area contributed by atoms with Gasteiger partial charge in [0.05, 0.1) is 0 Å². The minimum Gasteiger partial charge on any atom is -0.312 e. The van der Waals surface area contributed by atoms with E-state index in [-0.39, 0.29) is 4.75 Å². The molecule has 120 valence electrons. The van der Waals surface area contributed by atoms with E-state index in [1.807, 2.05) is 17.8 Å². The third-order valence-electron chi connectivity index (χ3n) is 3.56. The summed E-state index contributed by atoms with van der Waals surface area (Å²) < 4.78 is 27.9. The first kappa shape index (κ1) is 17.3. The normalized spacial score (nSPS) is 22.8. The second-order valence-corrected chi connectivity index (χ2v) is 10.5. The Labute approximate surface area is 136 Å². The fraction of sp³-hybridized carbons (Fsp3) is 0.714.